The number of hydrogen-bond donors (Lipinski definition) is 2. The summed E-state index contributed by atoms with van der Waals surface area (Å²) in [7, 11) is 2.95. The fourth-order valence-corrected chi connectivity index (χ4v) is 4.77. The Morgan fingerprint density at radius 1 is 0.949 bits per heavy atom. The van der Waals surface area contributed by atoms with Crippen molar-refractivity contribution in [3.05, 3.63) is 87.3 Å². The van der Waals surface area contributed by atoms with Crippen LogP contribution in [0.2, 0.25) is 5.02 Å². The number of nitrogens with zero attached hydrogens (tertiary/aromatic N) is 2. The summed E-state index contributed by atoms with van der Waals surface area (Å²) < 4.78 is 56.8. The maximum Gasteiger partial charge on any atom is 0.422 e. The number of fused-ring (bicyclic) bond motifs is 1. The highest BCUT2D eigenvalue weighted by molar-refractivity contribution is 6.31. The molecule has 0 unspecified atom stereocenters. The Kier molecular flexibility index (Phi) is 7.42. The fraction of sp³-hybridized carbons (Fsp3) is 0.259. The molecule has 4 rings (SSSR count). The molecule has 8 nitrogen and oxygen atoms in total. The van der Waals surface area contributed by atoms with E-state index in [2.05, 4.69) is 0 Å². The zero-order valence-electron chi connectivity index (χ0n) is 21.0. The van der Waals surface area contributed by atoms with Crippen LogP contribution in [-0.2, 0) is 24.5 Å². The molecule has 3 aromatic carbocycles. The molecule has 12 heteroatoms. The number of aliphatic hydroxyl groups is 1. The molecule has 206 valence electrons. The number of aliphatic carboxylic acids is 1. The number of imidazole rings is 1. The van der Waals surface area contributed by atoms with Crippen LogP contribution in [0.5, 0.6) is 17.2 Å². The summed E-state index contributed by atoms with van der Waals surface area (Å²) in [6, 6.07) is 13.8. The molecule has 0 saturated heterocycles. The molecule has 4 aromatic rings. The van der Waals surface area contributed by atoms with E-state index in [0.29, 0.717) is 17.0 Å². The first-order chi connectivity index (χ1) is 18.2. The fourth-order valence-electron chi connectivity index (χ4n) is 4.44. The van der Waals surface area contributed by atoms with E-state index in [1.807, 2.05) is 0 Å². The monoisotopic (exact) mass is 564 g/mol. The van der Waals surface area contributed by atoms with Crippen molar-refractivity contribution in [3.8, 4) is 17.2 Å². The van der Waals surface area contributed by atoms with Gasteiger partial charge in [0.15, 0.2) is 12.2 Å². The highest BCUT2D eigenvalue weighted by atomic mass is 35.5. The lowest BCUT2D eigenvalue weighted by atomic mass is 9.77. The zero-order valence-corrected chi connectivity index (χ0v) is 21.7. The van der Waals surface area contributed by atoms with Gasteiger partial charge in [-0.15, -0.1) is 0 Å². The predicted octanol–water partition coefficient (Wildman–Crippen LogP) is 5.34. The first-order valence-electron chi connectivity index (χ1n) is 11.6. The summed E-state index contributed by atoms with van der Waals surface area (Å²) in [4.78, 5) is 22.9. The van der Waals surface area contributed by atoms with E-state index in [-0.39, 0.29) is 21.9 Å². The number of benzene rings is 3. The van der Waals surface area contributed by atoms with Crippen molar-refractivity contribution in [3.63, 3.8) is 0 Å². The number of carbonyl (C=O) groups is 1. The molecule has 0 saturated carbocycles. The Morgan fingerprint density at radius 3 is 2.13 bits per heavy atom. The van der Waals surface area contributed by atoms with Gasteiger partial charge in [-0.2, -0.15) is 13.2 Å². The Labute approximate surface area is 225 Å². The molecule has 0 radical (unpaired) electrons. The van der Waals surface area contributed by atoms with Gasteiger partial charge < -0.3 is 19.7 Å². The van der Waals surface area contributed by atoms with Gasteiger partial charge in [-0.3, -0.25) is 9.13 Å². The summed E-state index contributed by atoms with van der Waals surface area (Å²) in [5.41, 5.74) is -3.48. The molecule has 0 bridgehead atoms. The SMILES string of the molecule is C[C@H](c1ccc(Oc2ccc(OCC(=O)O)cc2)cc1Cl)[C@@](O)(c1ccc2c(c1)n(C)c(=O)n2C)C(F)(F)F. The molecule has 2 N–H and O–H groups in total. The lowest BCUT2D eigenvalue weighted by Crippen LogP contribution is -2.46. The van der Waals surface area contributed by atoms with Gasteiger partial charge in [0.2, 0.25) is 0 Å². The van der Waals surface area contributed by atoms with Gasteiger partial charge in [0.25, 0.3) is 0 Å². The van der Waals surface area contributed by atoms with Crippen LogP contribution in [0.15, 0.2) is 65.5 Å². The molecule has 0 aliphatic carbocycles. The summed E-state index contributed by atoms with van der Waals surface area (Å²) in [6.45, 7) is 0.719. The summed E-state index contributed by atoms with van der Waals surface area (Å²) in [6.07, 6.45) is -5.09. The molecule has 1 aromatic heterocycles. The third-order valence-corrected chi connectivity index (χ3v) is 6.96. The summed E-state index contributed by atoms with van der Waals surface area (Å²) in [5.74, 6) is -1.77. The molecule has 0 fully saturated rings. The largest absolute Gasteiger partial charge is 0.482 e. The third kappa shape index (κ3) is 5.19. The van der Waals surface area contributed by atoms with Crippen molar-refractivity contribution in [1.29, 1.82) is 0 Å². The van der Waals surface area contributed by atoms with Crippen molar-refractivity contribution in [2.24, 2.45) is 14.1 Å². The first kappa shape index (κ1) is 28.1. The van der Waals surface area contributed by atoms with Gasteiger partial charge >= 0.3 is 17.8 Å². The van der Waals surface area contributed by atoms with Crippen LogP contribution in [0.3, 0.4) is 0 Å². The second-order valence-corrected chi connectivity index (χ2v) is 9.44. The van der Waals surface area contributed by atoms with E-state index >= 15 is 0 Å². The average molecular weight is 565 g/mol. The quantitative estimate of drug-likeness (QED) is 0.299. The van der Waals surface area contributed by atoms with E-state index in [9.17, 15) is 27.9 Å². The van der Waals surface area contributed by atoms with Crippen LogP contribution in [-0.4, -0.2) is 38.1 Å². The van der Waals surface area contributed by atoms with Gasteiger partial charge in [0, 0.05) is 25.0 Å². The minimum Gasteiger partial charge on any atom is -0.482 e. The number of alkyl halides is 3. The van der Waals surface area contributed by atoms with Crippen LogP contribution < -0.4 is 15.2 Å². The maximum absolute atomic E-state index is 14.5. The van der Waals surface area contributed by atoms with Crippen LogP contribution >= 0.6 is 11.6 Å². The summed E-state index contributed by atoms with van der Waals surface area (Å²) in [5, 5.41) is 19.9. The molecule has 0 amide bonds. The van der Waals surface area contributed by atoms with Crippen LogP contribution in [0.1, 0.15) is 24.0 Å². The average Bonchev–Trinajstić information content (AvgIpc) is 3.10. The van der Waals surface area contributed by atoms with Crippen molar-refractivity contribution >= 4 is 28.6 Å². The van der Waals surface area contributed by atoms with Crippen molar-refractivity contribution < 1.29 is 37.7 Å². The molecule has 0 aliphatic rings. The predicted molar refractivity (Wildman–Crippen MR) is 138 cm³/mol. The lowest BCUT2D eigenvalue weighted by molar-refractivity contribution is -0.274. The van der Waals surface area contributed by atoms with Crippen molar-refractivity contribution in [2.75, 3.05) is 6.61 Å². The second-order valence-electron chi connectivity index (χ2n) is 9.03. The minimum atomic E-state index is -5.09. The van der Waals surface area contributed by atoms with Gasteiger partial charge in [-0.1, -0.05) is 30.7 Å². The minimum absolute atomic E-state index is 0.0308. The van der Waals surface area contributed by atoms with Gasteiger partial charge in [-0.25, -0.2) is 9.59 Å². The third-order valence-electron chi connectivity index (χ3n) is 6.63. The molecular formula is C27H24ClF3N2O6. The van der Waals surface area contributed by atoms with E-state index in [1.54, 1.807) is 0 Å². The smallest absolute Gasteiger partial charge is 0.422 e. The maximum atomic E-state index is 14.5. The number of carboxylic acid groups (broad SMARTS) is 1. The number of aromatic nitrogens is 2. The Bertz CT molecular complexity index is 1600. The van der Waals surface area contributed by atoms with E-state index in [4.69, 9.17) is 26.2 Å². The molecule has 0 spiro atoms. The molecule has 39 heavy (non-hydrogen) atoms. The molecule has 2 atom stereocenters. The van der Waals surface area contributed by atoms with Gasteiger partial charge in [0.1, 0.15) is 17.2 Å². The molecular weight excluding hydrogens is 541 g/mol. The number of carboxylic acids is 1. The topological polar surface area (TPSA) is 103 Å². The Balaban J connectivity index is 1.65. The highest BCUT2D eigenvalue weighted by Crippen LogP contribution is 2.50. The number of hydrogen-bond acceptors (Lipinski definition) is 5. The number of halogens is 4. The number of ether oxygens (including phenoxy) is 2. The highest BCUT2D eigenvalue weighted by Gasteiger charge is 2.59. The standard InChI is InChI=1S/C27H24ClF3N2O6/c1-15(26(37,27(29,30)31)16-4-11-22-23(12-16)33(3)25(36)32(22)2)20-10-9-19(13-21(20)28)39-18-7-5-17(6-8-18)38-14-24(34)35/h4-13,15,37H,14H2,1-3H3,(H,34,35)/t15-,26-/m1/s1. The van der Waals surface area contributed by atoms with Crippen molar-refractivity contribution in [2.45, 2.75) is 24.6 Å². The van der Waals surface area contributed by atoms with E-state index in [0.717, 1.165) is 12.1 Å². The number of rotatable bonds is 8. The Hall–Kier alpha value is -3.96. The van der Waals surface area contributed by atoms with E-state index in [1.165, 1.54) is 78.7 Å². The summed E-state index contributed by atoms with van der Waals surface area (Å²) >= 11 is 6.39. The second kappa shape index (κ2) is 10.3. The first-order valence-corrected chi connectivity index (χ1v) is 12.0. The molecule has 1 heterocycles. The van der Waals surface area contributed by atoms with Gasteiger partial charge in [0.05, 0.1) is 11.0 Å². The van der Waals surface area contributed by atoms with Gasteiger partial charge in [-0.05, 0) is 59.7 Å². The molecule has 0 aliphatic heterocycles. The lowest BCUT2D eigenvalue weighted by Gasteiger charge is -2.37. The van der Waals surface area contributed by atoms with Crippen LogP contribution in [0, 0.1) is 0 Å². The number of aryl methyl sites for hydroxylation is 2. The Morgan fingerprint density at radius 2 is 1.54 bits per heavy atom. The zero-order chi connectivity index (χ0) is 28.7. The normalized spacial score (nSPS) is 14.2. The van der Waals surface area contributed by atoms with Crippen LogP contribution in [0.4, 0.5) is 13.2 Å². The van der Waals surface area contributed by atoms with Crippen LogP contribution in [0.25, 0.3) is 11.0 Å². The van der Waals surface area contributed by atoms with Crippen molar-refractivity contribution in [1.82, 2.24) is 9.13 Å². The van der Waals surface area contributed by atoms with E-state index < -0.39 is 41.5 Å².